The molecule has 0 aromatic heterocycles. The van der Waals surface area contributed by atoms with Crippen molar-refractivity contribution in [1.82, 2.24) is 0 Å². The minimum Gasteiger partial charge on any atom is -0.466 e. The molecule has 1 aromatic rings. The summed E-state index contributed by atoms with van der Waals surface area (Å²) in [5.74, 6) is -0.492. The molecule has 0 aliphatic rings. The second kappa shape index (κ2) is 5.92. The van der Waals surface area contributed by atoms with E-state index in [0.29, 0.717) is 18.6 Å². The molecular formula is C13H15NO2. The molecule has 84 valence electrons. The summed E-state index contributed by atoms with van der Waals surface area (Å²) in [7, 11) is 0. The second-order valence-corrected chi connectivity index (χ2v) is 3.45. The average Bonchev–Trinajstić information content (AvgIpc) is 2.31. The Morgan fingerprint density at radius 2 is 2.25 bits per heavy atom. The average molecular weight is 217 g/mol. The maximum Gasteiger partial charge on any atom is 0.313 e. The van der Waals surface area contributed by atoms with E-state index in [4.69, 9.17) is 10.00 Å². The first-order valence-corrected chi connectivity index (χ1v) is 5.39. The van der Waals surface area contributed by atoms with Crippen LogP contribution in [0.15, 0.2) is 24.3 Å². The third-order valence-electron chi connectivity index (χ3n) is 2.40. The Morgan fingerprint density at radius 1 is 1.50 bits per heavy atom. The standard InChI is InChI=1S/C13H15NO2/c1-3-12(13(15)16-4-2)11-7-5-6-10(8-11)9-14/h5-8,12H,3-4H2,1-2H3. The van der Waals surface area contributed by atoms with Gasteiger partial charge in [-0.2, -0.15) is 5.26 Å². The van der Waals surface area contributed by atoms with Crippen LogP contribution in [0.25, 0.3) is 0 Å². The van der Waals surface area contributed by atoms with Gasteiger partial charge in [0.2, 0.25) is 0 Å². The highest BCUT2D eigenvalue weighted by Gasteiger charge is 2.19. The number of rotatable bonds is 4. The van der Waals surface area contributed by atoms with Gasteiger partial charge in [-0.05, 0) is 31.0 Å². The SMILES string of the molecule is CCOC(=O)C(CC)c1cccc(C#N)c1. The molecule has 3 heteroatoms. The van der Waals surface area contributed by atoms with Crippen LogP contribution in [-0.2, 0) is 9.53 Å². The predicted molar refractivity (Wildman–Crippen MR) is 60.8 cm³/mol. The quantitative estimate of drug-likeness (QED) is 0.728. The van der Waals surface area contributed by atoms with Crippen molar-refractivity contribution in [2.75, 3.05) is 6.61 Å². The predicted octanol–water partition coefficient (Wildman–Crippen LogP) is 2.61. The first-order chi connectivity index (χ1) is 7.72. The van der Waals surface area contributed by atoms with Gasteiger partial charge in [0.1, 0.15) is 0 Å². The van der Waals surface area contributed by atoms with Gasteiger partial charge in [-0.15, -0.1) is 0 Å². The Kier molecular flexibility index (Phi) is 4.53. The minimum atomic E-state index is -0.270. The Morgan fingerprint density at radius 3 is 2.81 bits per heavy atom. The van der Waals surface area contributed by atoms with Crippen molar-refractivity contribution < 1.29 is 9.53 Å². The molecule has 0 spiro atoms. The molecule has 1 aromatic carbocycles. The van der Waals surface area contributed by atoms with Gasteiger partial charge in [-0.25, -0.2) is 0 Å². The van der Waals surface area contributed by atoms with Crippen molar-refractivity contribution in [3.8, 4) is 6.07 Å². The topological polar surface area (TPSA) is 50.1 Å². The van der Waals surface area contributed by atoms with Crippen LogP contribution < -0.4 is 0 Å². The maximum atomic E-state index is 11.7. The summed E-state index contributed by atoms with van der Waals surface area (Å²) in [6, 6.07) is 9.17. The highest BCUT2D eigenvalue weighted by Crippen LogP contribution is 2.21. The summed E-state index contributed by atoms with van der Waals surface area (Å²) in [6.45, 7) is 4.10. The fourth-order valence-electron chi connectivity index (χ4n) is 1.61. The molecule has 3 nitrogen and oxygen atoms in total. The number of esters is 1. The van der Waals surface area contributed by atoms with E-state index in [9.17, 15) is 4.79 Å². The van der Waals surface area contributed by atoms with E-state index < -0.39 is 0 Å². The summed E-state index contributed by atoms with van der Waals surface area (Å²) >= 11 is 0. The summed E-state index contributed by atoms with van der Waals surface area (Å²) < 4.78 is 5.00. The number of benzene rings is 1. The van der Waals surface area contributed by atoms with Crippen LogP contribution in [-0.4, -0.2) is 12.6 Å². The van der Waals surface area contributed by atoms with Crippen molar-refractivity contribution in [3.63, 3.8) is 0 Å². The highest BCUT2D eigenvalue weighted by atomic mass is 16.5. The lowest BCUT2D eigenvalue weighted by Gasteiger charge is -2.13. The summed E-state index contributed by atoms with van der Waals surface area (Å²) in [5, 5.41) is 8.79. The van der Waals surface area contributed by atoms with Gasteiger partial charge in [0.25, 0.3) is 0 Å². The molecule has 0 aliphatic heterocycles. The van der Waals surface area contributed by atoms with Crippen LogP contribution in [0, 0.1) is 11.3 Å². The van der Waals surface area contributed by atoms with Crippen molar-refractivity contribution in [2.24, 2.45) is 0 Å². The molecule has 1 unspecified atom stereocenters. The molecular weight excluding hydrogens is 202 g/mol. The third-order valence-corrected chi connectivity index (χ3v) is 2.40. The van der Waals surface area contributed by atoms with Gasteiger partial charge < -0.3 is 4.74 Å². The lowest BCUT2D eigenvalue weighted by Crippen LogP contribution is -2.15. The van der Waals surface area contributed by atoms with E-state index in [1.165, 1.54) is 0 Å². The lowest BCUT2D eigenvalue weighted by molar-refractivity contribution is -0.145. The normalized spacial score (nSPS) is 11.6. The fraction of sp³-hybridized carbons (Fsp3) is 0.385. The van der Waals surface area contributed by atoms with Gasteiger partial charge in [0.15, 0.2) is 0 Å². The number of hydrogen-bond acceptors (Lipinski definition) is 3. The van der Waals surface area contributed by atoms with Crippen LogP contribution in [0.4, 0.5) is 0 Å². The molecule has 0 saturated heterocycles. The molecule has 0 fully saturated rings. The Hall–Kier alpha value is -1.82. The molecule has 0 aliphatic carbocycles. The number of ether oxygens (including phenoxy) is 1. The van der Waals surface area contributed by atoms with Crippen LogP contribution >= 0.6 is 0 Å². The van der Waals surface area contributed by atoms with Gasteiger partial charge >= 0.3 is 5.97 Å². The molecule has 1 atom stereocenters. The molecule has 0 heterocycles. The first-order valence-electron chi connectivity index (χ1n) is 5.39. The van der Waals surface area contributed by atoms with Crippen LogP contribution in [0.5, 0.6) is 0 Å². The van der Waals surface area contributed by atoms with Crippen molar-refractivity contribution in [3.05, 3.63) is 35.4 Å². The zero-order valence-corrected chi connectivity index (χ0v) is 9.56. The van der Waals surface area contributed by atoms with E-state index in [1.54, 1.807) is 25.1 Å². The molecule has 0 bridgehead atoms. The first kappa shape index (κ1) is 12.3. The molecule has 0 radical (unpaired) electrons. The smallest absolute Gasteiger partial charge is 0.313 e. The van der Waals surface area contributed by atoms with Gasteiger partial charge in [-0.3, -0.25) is 4.79 Å². The zero-order chi connectivity index (χ0) is 12.0. The van der Waals surface area contributed by atoms with Crippen LogP contribution in [0.2, 0.25) is 0 Å². The number of nitriles is 1. The summed E-state index contributed by atoms with van der Waals surface area (Å²) in [4.78, 5) is 11.7. The van der Waals surface area contributed by atoms with E-state index in [2.05, 4.69) is 6.07 Å². The van der Waals surface area contributed by atoms with Gasteiger partial charge in [-0.1, -0.05) is 19.1 Å². The summed E-state index contributed by atoms with van der Waals surface area (Å²) in [5.41, 5.74) is 1.42. The lowest BCUT2D eigenvalue weighted by atomic mass is 9.95. The van der Waals surface area contributed by atoms with Crippen LogP contribution in [0.1, 0.15) is 37.3 Å². The van der Waals surface area contributed by atoms with Crippen molar-refractivity contribution >= 4 is 5.97 Å². The largest absolute Gasteiger partial charge is 0.466 e. The number of carbonyl (C=O) groups excluding carboxylic acids is 1. The Labute approximate surface area is 95.7 Å². The molecule has 0 saturated carbocycles. The molecule has 0 amide bonds. The van der Waals surface area contributed by atoms with Crippen molar-refractivity contribution in [1.29, 1.82) is 5.26 Å². The third kappa shape index (κ3) is 2.83. The second-order valence-electron chi connectivity index (χ2n) is 3.45. The van der Waals surface area contributed by atoms with Gasteiger partial charge in [0, 0.05) is 0 Å². The van der Waals surface area contributed by atoms with E-state index in [-0.39, 0.29) is 11.9 Å². The number of nitrogens with zero attached hydrogens (tertiary/aromatic N) is 1. The Balaban J connectivity index is 2.95. The van der Waals surface area contributed by atoms with E-state index in [0.717, 1.165) is 5.56 Å². The molecule has 1 rings (SSSR count). The molecule has 16 heavy (non-hydrogen) atoms. The van der Waals surface area contributed by atoms with Crippen molar-refractivity contribution in [2.45, 2.75) is 26.2 Å². The van der Waals surface area contributed by atoms with Gasteiger partial charge in [0.05, 0.1) is 24.2 Å². The summed E-state index contributed by atoms with van der Waals surface area (Å²) in [6.07, 6.45) is 0.674. The van der Waals surface area contributed by atoms with Crippen LogP contribution in [0.3, 0.4) is 0 Å². The fourth-order valence-corrected chi connectivity index (χ4v) is 1.61. The zero-order valence-electron chi connectivity index (χ0n) is 9.56. The minimum absolute atomic E-state index is 0.222. The monoisotopic (exact) mass is 217 g/mol. The van der Waals surface area contributed by atoms with E-state index in [1.807, 2.05) is 13.0 Å². The maximum absolute atomic E-state index is 11.7. The molecule has 0 N–H and O–H groups in total. The Bertz CT molecular complexity index is 407. The number of hydrogen-bond donors (Lipinski definition) is 0. The van der Waals surface area contributed by atoms with E-state index >= 15 is 0 Å². The highest BCUT2D eigenvalue weighted by molar-refractivity contribution is 5.78. The number of carbonyl (C=O) groups is 1.